The molecular formula is C19H15N7. The molecule has 0 saturated heterocycles. The number of fused-ring (bicyclic) bond motifs is 4. The van der Waals surface area contributed by atoms with Crippen molar-refractivity contribution in [3.05, 3.63) is 59.8 Å². The van der Waals surface area contributed by atoms with E-state index in [1.807, 2.05) is 49.4 Å². The van der Waals surface area contributed by atoms with E-state index in [1.54, 1.807) is 6.21 Å². The quantitative estimate of drug-likeness (QED) is 0.344. The number of nitrogens with zero attached hydrogens (tertiary/aromatic N) is 4. The lowest BCUT2D eigenvalue weighted by Gasteiger charge is -1.97. The molecule has 26 heavy (non-hydrogen) atoms. The molecule has 0 bridgehead atoms. The summed E-state index contributed by atoms with van der Waals surface area (Å²) in [6, 6.07) is 16.1. The Kier molecular flexibility index (Phi) is 3.18. The van der Waals surface area contributed by atoms with Crippen molar-refractivity contribution in [3.8, 4) is 0 Å². The van der Waals surface area contributed by atoms with Crippen LogP contribution >= 0.6 is 0 Å². The van der Waals surface area contributed by atoms with Crippen LogP contribution in [-0.4, -0.2) is 31.4 Å². The highest BCUT2D eigenvalue weighted by Gasteiger charge is 2.08. The fourth-order valence-electron chi connectivity index (χ4n) is 3.19. The molecule has 0 aliphatic rings. The minimum atomic E-state index is 0.345. The lowest BCUT2D eigenvalue weighted by Crippen LogP contribution is -1.99. The summed E-state index contributed by atoms with van der Waals surface area (Å²) in [7, 11) is 0. The second-order valence-electron chi connectivity index (χ2n) is 6.08. The van der Waals surface area contributed by atoms with Gasteiger partial charge in [-0.05, 0) is 19.1 Å². The maximum absolute atomic E-state index is 4.45. The van der Waals surface area contributed by atoms with Crippen molar-refractivity contribution in [2.24, 2.45) is 5.10 Å². The second kappa shape index (κ2) is 5.66. The highest BCUT2D eigenvalue weighted by molar-refractivity contribution is 6.03. The molecule has 2 aromatic carbocycles. The molecule has 0 radical (unpaired) electrons. The van der Waals surface area contributed by atoms with Gasteiger partial charge in [0.1, 0.15) is 5.52 Å². The molecule has 7 heteroatoms. The lowest BCUT2D eigenvalue weighted by atomic mass is 10.1. The summed E-state index contributed by atoms with van der Waals surface area (Å²) in [5, 5.41) is 14.8. The second-order valence-corrected chi connectivity index (χ2v) is 6.08. The van der Waals surface area contributed by atoms with Gasteiger partial charge in [-0.25, -0.2) is 5.43 Å². The molecule has 5 aromatic rings. The zero-order valence-corrected chi connectivity index (χ0v) is 14.0. The molecule has 126 valence electrons. The molecule has 0 aliphatic heterocycles. The highest BCUT2D eigenvalue weighted by atomic mass is 15.4. The van der Waals surface area contributed by atoms with Crippen molar-refractivity contribution >= 4 is 45.1 Å². The molecule has 0 unspecified atom stereocenters. The molecule has 5 rings (SSSR count). The molecule has 3 N–H and O–H groups in total. The molecule has 0 fully saturated rings. The van der Waals surface area contributed by atoms with Crippen LogP contribution in [0.4, 0.5) is 5.95 Å². The topological polar surface area (TPSA) is 94.6 Å². The van der Waals surface area contributed by atoms with Crippen LogP contribution in [-0.2, 0) is 0 Å². The Morgan fingerprint density at radius 1 is 0.923 bits per heavy atom. The molecule has 0 spiro atoms. The minimum Gasteiger partial charge on any atom is -0.358 e. The smallest absolute Gasteiger partial charge is 0.265 e. The van der Waals surface area contributed by atoms with Gasteiger partial charge in [-0.15, -0.1) is 10.2 Å². The van der Waals surface area contributed by atoms with Crippen LogP contribution in [0.25, 0.3) is 33.0 Å². The van der Waals surface area contributed by atoms with E-state index in [2.05, 4.69) is 41.7 Å². The number of nitrogens with one attached hydrogen (secondary N) is 3. The van der Waals surface area contributed by atoms with Crippen molar-refractivity contribution < 1.29 is 0 Å². The number of rotatable bonds is 3. The first-order valence-electron chi connectivity index (χ1n) is 8.27. The van der Waals surface area contributed by atoms with Crippen LogP contribution in [0.3, 0.4) is 0 Å². The van der Waals surface area contributed by atoms with E-state index < -0.39 is 0 Å². The summed E-state index contributed by atoms with van der Waals surface area (Å²) >= 11 is 0. The molecule has 0 atom stereocenters. The average molecular weight is 341 g/mol. The van der Waals surface area contributed by atoms with Gasteiger partial charge in [0.2, 0.25) is 0 Å². The largest absolute Gasteiger partial charge is 0.358 e. The fraction of sp³-hybridized carbons (Fsp3) is 0.0526. The zero-order valence-electron chi connectivity index (χ0n) is 14.0. The van der Waals surface area contributed by atoms with E-state index in [4.69, 9.17) is 0 Å². The summed E-state index contributed by atoms with van der Waals surface area (Å²) in [5.41, 5.74) is 8.46. The Hall–Kier alpha value is -3.74. The predicted octanol–water partition coefficient (Wildman–Crippen LogP) is 3.74. The van der Waals surface area contributed by atoms with Crippen LogP contribution in [0.1, 0.15) is 11.3 Å². The number of benzene rings is 2. The Bertz CT molecular complexity index is 1280. The molecule has 7 nitrogen and oxygen atoms in total. The SMILES string of the molecule is Cc1[nH]c2ccccc2c1/C=N\Nc1nnc2c(n1)[nH]c1ccccc12. The van der Waals surface area contributed by atoms with E-state index in [1.165, 1.54) is 0 Å². The van der Waals surface area contributed by atoms with Crippen LogP contribution in [0, 0.1) is 6.92 Å². The zero-order chi connectivity index (χ0) is 17.5. The highest BCUT2D eigenvalue weighted by Crippen LogP contribution is 2.22. The number of aromatic nitrogens is 5. The van der Waals surface area contributed by atoms with Gasteiger partial charge in [-0.3, -0.25) is 0 Å². The van der Waals surface area contributed by atoms with Gasteiger partial charge in [0.25, 0.3) is 5.95 Å². The first-order valence-corrected chi connectivity index (χ1v) is 8.27. The summed E-state index contributed by atoms with van der Waals surface area (Å²) in [4.78, 5) is 11.0. The number of hydrogen-bond acceptors (Lipinski definition) is 5. The standard InChI is InChI=1S/C19H15N7/c1-11-14(12-6-2-4-8-15(12)21-11)10-20-25-19-23-18-17(24-26-19)13-7-3-5-9-16(13)22-18/h2-10,21H,1H3,(H2,22,23,25,26)/b20-10-. The third kappa shape index (κ3) is 2.29. The molecular weight excluding hydrogens is 326 g/mol. The van der Waals surface area contributed by atoms with Gasteiger partial charge in [0.15, 0.2) is 5.65 Å². The minimum absolute atomic E-state index is 0.345. The monoisotopic (exact) mass is 341 g/mol. The number of hydrogen-bond donors (Lipinski definition) is 3. The van der Waals surface area contributed by atoms with Crippen molar-refractivity contribution in [3.63, 3.8) is 0 Å². The number of H-pyrrole nitrogens is 2. The van der Waals surface area contributed by atoms with Gasteiger partial charge < -0.3 is 9.97 Å². The van der Waals surface area contributed by atoms with Gasteiger partial charge in [0.05, 0.1) is 6.21 Å². The maximum Gasteiger partial charge on any atom is 0.265 e. The summed E-state index contributed by atoms with van der Waals surface area (Å²) in [6.07, 6.45) is 1.77. The first-order chi connectivity index (χ1) is 12.8. The average Bonchev–Trinajstić information content (AvgIpc) is 3.18. The Morgan fingerprint density at radius 2 is 1.65 bits per heavy atom. The van der Waals surface area contributed by atoms with Crippen molar-refractivity contribution in [2.75, 3.05) is 5.43 Å². The van der Waals surface area contributed by atoms with E-state index >= 15 is 0 Å². The van der Waals surface area contributed by atoms with Gasteiger partial charge >= 0.3 is 0 Å². The van der Waals surface area contributed by atoms with Gasteiger partial charge in [-0.2, -0.15) is 10.1 Å². The normalized spacial score (nSPS) is 11.9. The molecule has 0 amide bonds. The van der Waals surface area contributed by atoms with Crippen molar-refractivity contribution in [2.45, 2.75) is 6.92 Å². The predicted molar refractivity (Wildman–Crippen MR) is 103 cm³/mol. The number of hydrazone groups is 1. The Morgan fingerprint density at radius 3 is 2.50 bits per heavy atom. The summed E-state index contributed by atoms with van der Waals surface area (Å²) in [5.74, 6) is 0.345. The van der Waals surface area contributed by atoms with Crippen LogP contribution in [0.15, 0.2) is 53.6 Å². The van der Waals surface area contributed by atoms with Crippen LogP contribution in [0.2, 0.25) is 0 Å². The fourth-order valence-corrected chi connectivity index (χ4v) is 3.19. The number of aromatic amines is 2. The molecule has 3 heterocycles. The molecule has 0 saturated carbocycles. The Balaban J connectivity index is 1.46. The molecule has 0 aliphatic carbocycles. The van der Waals surface area contributed by atoms with Crippen molar-refractivity contribution in [1.29, 1.82) is 0 Å². The third-order valence-corrected chi connectivity index (χ3v) is 4.42. The number of anilines is 1. The third-order valence-electron chi connectivity index (χ3n) is 4.42. The van der Waals surface area contributed by atoms with E-state index in [-0.39, 0.29) is 0 Å². The lowest BCUT2D eigenvalue weighted by molar-refractivity contribution is 1.01. The van der Waals surface area contributed by atoms with E-state index in [0.29, 0.717) is 11.6 Å². The maximum atomic E-state index is 4.45. The van der Waals surface area contributed by atoms with E-state index in [0.717, 1.165) is 38.6 Å². The summed E-state index contributed by atoms with van der Waals surface area (Å²) in [6.45, 7) is 2.02. The summed E-state index contributed by atoms with van der Waals surface area (Å²) < 4.78 is 0. The Labute approximate surface area is 148 Å². The van der Waals surface area contributed by atoms with Gasteiger partial charge in [-0.1, -0.05) is 36.4 Å². The van der Waals surface area contributed by atoms with Crippen LogP contribution in [0.5, 0.6) is 0 Å². The van der Waals surface area contributed by atoms with Crippen LogP contribution < -0.4 is 5.43 Å². The first kappa shape index (κ1) is 14.6. The number of aryl methyl sites for hydroxylation is 1. The molecule has 3 aromatic heterocycles. The van der Waals surface area contributed by atoms with Crippen molar-refractivity contribution in [1.82, 2.24) is 25.1 Å². The van der Waals surface area contributed by atoms with Gasteiger partial charge in [0, 0.05) is 33.1 Å². The number of para-hydroxylation sites is 2. The van der Waals surface area contributed by atoms with E-state index in [9.17, 15) is 0 Å².